The largest absolute Gasteiger partial charge is 0.485 e. The molecule has 0 saturated carbocycles. The van der Waals surface area contributed by atoms with E-state index in [-0.39, 0.29) is 5.57 Å². The normalized spacial score (nSPS) is 11.6. The summed E-state index contributed by atoms with van der Waals surface area (Å²) in [5.41, 5.74) is 1.06. The lowest BCUT2D eigenvalue weighted by Crippen LogP contribution is -2.26. The fourth-order valence-electron chi connectivity index (χ4n) is 1.87. The molecule has 2 rings (SSSR count). The second kappa shape index (κ2) is 6.57. The monoisotopic (exact) mass is 268 g/mol. The van der Waals surface area contributed by atoms with Crippen LogP contribution in [0.4, 0.5) is 0 Å². The van der Waals surface area contributed by atoms with Crippen molar-refractivity contribution in [2.75, 3.05) is 0 Å². The van der Waals surface area contributed by atoms with E-state index in [1.54, 1.807) is 12.1 Å². The molecule has 1 N–H and O–H groups in total. The van der Waals surface area contributed by atoms with Crippen molar-refractivity contribution in [3.05, 3.63) is 78.4 Å². The zero-order valence-corrected chi connectivity index (χ0v) is 11.0. The maximum absolute atomic E-state index is 11.1. The molecule has 0 saturated heterocycles. The summed E-state index contributed by atoms with van der Waals surface area (Å²) >= 11 is 0. The summed E-state index contributed by atoms with van der Waals surface area (Å²) in [6.45, 7) is 3.62. The van der Waals surface area contributed by atoms with E-state index in [1.807, 2.05) is 48.5 Å². The highest BCUT2D eigenvalue weighted by Crippen LogP contribution is 2.18. The Hall–Kier alpha value is -2.55. The molecule has 2 aromatic rings. The molecule has 0 amide bonds. The molecule has 0 bridgehead atoms. The van der Waals surface area contributed by atoms with Gasteiger partial charge in [-0.1, -0.05) is 55.1 Å². The maximum Gasteiger partial charge on any atom is 0.334 e. The maximum atomic E-state index is 11.1. The second-order valence-corrected chi connectivity index (χ2v) is 4.44. The number of carboxylic acids is 1. The van der Waals surface area contributed by atoms with Crippen LogP contribution in [0.25, 0.3) is 0 Å². The van der Waals surface area contributed by atoms with Crippen LogP contribution in [0.15, 0.2) is 72.8 Å². The smallest absolute Gasteiger partial charge is 0.334 e. The Bertz CT molecular complexity index is 534. The highest BCUT2D eigenvalue weighted by molar-refractivity contribution is 5.87. The second-order valence-electron chi connectivity index (χ2n) is 4.44. The third-order valence-corrected chi connectivity index (χ3v) is 2.95. The van der Waals surface area contributed by atoms with Gasteiger partial charge in [-0.05, 0) is 17.7 Å². The van der Waals surface area contributed by atoms with Crippen molar-refractivity contribution in [3.8, 4) is 5.75 Å². The topological polar surface area (TPSA) is 46.5 Å². The van der Waals surface area contributed by atoms with Gasteiger partial charge in [-0.25, -0.2) is 4.79 Å². The number of hydrogen-bond acceptors (Lipinski definition) is 2. The Morgan fingerprint density at radius 1 is 1.05 bits per heavy atom. The van der Waals surface area contributed by atoms with Gasteiger partial charge in [0.1, 0.15) is 11.9 Å². The quantitative estimate of drug-likeness (QED) is 0.817. The van der Waals surface area contributed by atoms with Crippen LogP contribution in [0, 0.1) is 0 Å². The Balaban J connectivity index is 2.17. The van der Waals surface area contributed by atoms with E-state index in [4.69, 9.17) is 9.84 Å². The molecule has 2 aromatic carbocycles. The molecule has 1 unspecified atom stereocenters. The van der Waals surface area contributed by atoms with Crippen molar-refractivity contribution in [2.24, 2.45) is 0 Å². The predicted molar refractivity (Wildman–Crippen MR) is 77.8 cm³/mol. The molecule has 3 heteroatoms. The van der Waals surface area contributed by atoms with Crippen LogP contribution in [0.3, 0.4) is 0 Å². The first-order valence-electron chi connectivity index (χ1n) is 6.34. The van der Waals surface area contributed by atoms with Crippen molar-refractivity contribution in [2.45, 2.75) is 12.5 Å². The number of hydrogen-bond donors (Lipinski definition) is 1. The SMILES string of the molecule is C=C(C(=O)O)C(Cc1ccccc1)Oc1ccccc1. The minimum absolute atomic E-state index is 0.0534. The summed E-state index contributed by atoms with van der Waals surface area (Å²) < 4.78 is 5.76. The zero-order chi connectivity index (χ0) is 14.4. The van der Waals surface area contributed by atoms with E-state index < -0.39 is 12.1 Å². The van der Waals surface area contributed by atoms with Gasteiger partial charge in [-0.2, -0.15) is 0 Å². The molecule has 20 heavy (non-hydrogen) atoms. The van der Waals surface area contributed by atoms with Crippen molar-refractivity contribution in [1.29, 1.82) is 0 Å². The number of rotatable bonds is 6. The van der Waals surface area contributed by atoms with Crippen LogP contribution in [0.5, 0.6) is 5.75 Å². The van der Waals surface area contributed by atoms with Crippen molar-refractivity contribution < 1.29 is 14.6 Å². The van der Waals surface area contributed by atoms with E-state index in [9.17, 15) is 4.79 Å². The first-order valence-corrected chi connectivity index (χ1v) is 6.34. The van der Waals surface area contributed by atoms with Gasteiger partial charge >= 0.3 is 5.97 Å². The molecule has 0 aromatic heterocycles. The Morgan fingerprint density at radius 2 is 1.60 bits per heavy atom. The number of benzene rings is 2. The van der Waals surface area contributed by atoms with Gasteiger partial charge in [0.25, 0.3) is 0 Å². The Morgan fingerprint density at radius 3 is 2.15 bits per heavy atom. The van der Waals surface area contributed by atoms with Gasteiger partial charge in [-0.15, -0.1) is 0 Å². The molecule has 0 spiro atoms. The molecule has 0 fully saturated rings. The number of aliphatic carboxylic acids is 1. The summed E-state index contributed by atoms with van der Waals surface area (Å²) in [7, 11) is 0. The van der Waals surface area contributed by atoms with Crippen LogP contribution < -0.4 is 4.74 Å². The molecule has 102 valence electrons. The minimum Gasteiger partial charge on any atom is -0.485 e. The molecule has 0 aliphatic rings. The molecular formula is C17H16O3. The van der Waals surface area contributed by atoms with Gasteiger partial charge < -0.3 is 9.84 Å². The van der Waals surface area contributed by atoms with E-state index in [0.717, 1.165) is 5.56 Å². The first-order chi connectivity index (χ1) is 9.66. The van der Waals surface area contributed by atoms with Crippen LogP contribution in [0.2, 0.25) is 0 Å². The number of carboxylic acid groups (broad SMARTS) is 1. The van der Waals surface area contributed by atoms with Gasteiger partial charge in [0.2, 0.25) is 0 Å². The number of carbonyl (C=O) groups is 1. The van der Waals surface area contributed by atoms with Crippen LogP contribution >= 0.6 is 0 Å². The van der Waals surface area contributed by atoms with E-state index in [1.165, 1.54) is 0 Å². The molecule has 0 aliphatic carbocycles. The molecule has 1 atom stereocenters. The van der Waals surface area contributed by atoms with Gasteiger partial charge in [0.05, 0.1) is 5.57 Å². The predicted octanol–water partition coefficient (Wildman–Crippen LogP) is 3.32. The third kappa shape index (κ3) is 3.72. The van der Waals surface area contributed by atoms with E-state index in [2.05, 4.69) is 6.58 Å². The first kappa shape index (κ1) is 13.9. The van der Waals surface area contributed by atoms with Crippen LogP contribution in [0.1, 0.15) is 5.56 Å². The lowest BCUT2D eigenvalue weighted by atomic mass is 10.0. The average Bonchev–Trinajstić information content (AvgIpc) is 2.48. The number of para-hydroxylation sites is 1. The van der Waals surface area contributed by atoms with Crippen LogP contribution in [-0.4, -0.2) is 17.2 Å². The highest BCUT2D eigenvalue weighted by atomic mass is 16.5. The fourth-order valence-corrected chi connectivity index (χ4v) is 1.87. The standard InChI is InChI=1S/C17H16O3/c1-13(17(18)19)16(12-14-8-4-2-5-9-14)20-15-10-6-3-7-11-15/h2-11,16H,1,12H2,(H,18,19). The lowest BCUT2D eigenvalue weighted by molar-refractivity contribution is -0.133. The number of ether oxygens (including phenoxy) is 1. The minimum atomic E-state index is -1.04. The highest BCUT2D eigenvalue weighted by Gasteiger charge is 2.20. The molecule has 3 nitrogen and oxygen atoms in total. The lowest BCUT2D eigenvalue weighted by Gasteiger charge is -2.19. The Labute approximate surface area is 118 Å². The van der Waals surface area contributed by atoms with Crippen molar-refractivity contribution >= 4 is 5.97 Å². The fraction of sp³-hybridized carbons (Fsp3) is 0.118. The van der Waals surface area contributed by atoms with Gasteiger partial charge in [0.15, 0.2) is 0 Å². The molecule has 0 radical (unpaired) electrons. The summed E-state index contributed by atoms with van der Waals surface area (Å²) in [6.07, 6.45) is -0.113. The molecular weight excluding hydrogens is 252 g/mol. The third-order valence-electron chi connectivity index (χ3n) is 2.95. The summed E-state index contributed by atoms with van der Waals surface area (Å²) in [5, 5.41) is 9.13. The Kier molecular flexibility index (Phi) is 4.56. The molecule has 0 heterocycles. The van der Waals surface area contributed by atoms with Crippen molar-refractivity contribution in [3.63, 3.8) is 0 Å². The van der Waals surface area contributed by atoms with Gasteiger partial charge in [-0.3, -0.25) is 0 Å². The molecule has 0 aliphatic heterocycles. The van der Waals surface area contributed by atoms with Crippen molar-refractivity contribution in [1.82, 2.24) is 0 Å². The van der Waals surface area contributed by atoms with E-state index in [0.29, 0.717) is 12.2 Å². The summed E-state index contributed by atoms with van der Waals surface area (Å²) in [4.78, 5) is 11.1. The average molecular weight is 268 g/mol. The zero-order valence-electron chi connectivity index (χ0n) is 11.0. The summed E-state index contributed by atoms with van der Waals surface area (Å²) in [6, 6.07) is 18.8. The summed E-state index contributed by atoms with van der Waals surface area (Å²) in [5.74, 6) is -0.405. The van der Waals surface area contributed by atoms with Gasteiger partial charge in [0, 0.05) is 6.42 Å². The van der Waals surface area contributed by atoms with Crippen LogP contribution in [-0.2, 0) is 11.2 Å². The van der Waals surface area contributed by atoms with E-state index >= 15 is 0 Å².